The average molecular weight is 383 g/mol. The van der Waals surface area contributed by atoms with Crippen LogP contribution in [0.15, 0.2) is 36.5 Å². The van der Waals surface area contributed by atoms with Crippen molar-refractivity contribution in [3.05, 3.63) is 48.0 Å². The summed E-state index contributed by atoms with van der Waals surface area (Å²) >= 11 is 0. The lowest BCUT2D eigenvalue weighted by atomic mass is 9.96. The molecule has 1 aliphatic heterocycles. The number of halogens is 1. The van der Waals surface area contributed by atoms with Crippen molar-refractivity contribution < 1.29 is 9.18 Å². The van der Waals surface area contributed by atoms with Crippen LogP contribution in [0.2, 0.25) is 0 Å². The molecular formula is C21H26FN5O. The Morgan fingerprint density at radius 2 is 1.79 bits per heavy atom. The van der Waals surface area contributed by atoms with Gasteiger partial charge in [-0.3, -0.25) is 4.79 Å². The van der Waals surface area contributed by atoms with Crippen molar-refractivity contribution in [1.29, 1.82) is 0 Å². The molecule has 0 atom stereocenters. The zero-order valence-electron chi connectivity index (χ0n) is 16.0. The largest absolute Gasteiger partial charge is 0.366 e. The molecule has 2 fully saturated rings. The van der Waals surface area contributed by atoms with Crippen molar-refractivity contribution in [3.63, 3.8) is 0 Å². The highest BCUT2D eigenvalue weighted by Gasteiger charge is 2.25. The summed E-state index contributed by atoms with van der Waals surface area (Å²) in [5.74, 6) is 0.210. The van der Waals surface area contributed by atoms with E-state index in [2.05, 4.69) is 15.3 Å². The number of hydrogen-bond acceptors (Lipinski definition) is 5. The Morgan fingerprint density at radius 1 is 1.04 bits per heavy atom. The van der Waals surface area contributed by atoms with E-state index in [1.807, 2.05) is 11.0 Å². The van der Waals surface area contributed by atoms with Crippen molar-refractivity contribution in [2.75, 3.05) is 36.4 Å². The number of aromatic nitrogens is 2. The summed E-state index contributed by atoms with van der Waals surface area (Å²) in [6, 6.07) is 8.82. The predicted molar refractivity (Wildman–Crippen MR) is 107 cm³/mol. The molecule has 1 aliphatic carbocycles. The van der Waals surface area contributed by atoms with E-state index >= 15 is 0 Å². The number of carbonyl (C=O) groups excluding carboxylic acids is 1. The molecule has 1 aromatic carbocycles. The Balaban J connectivity index is 1.37. The van der Waals surface area contributed by atoms with E-state index in [-0.39, 0.29) is 11.7 Å². The van der Waals surface area contributed by atoms with Gasteiger partial charge in [-0.2, -0.15) is 0 Å². The maximum absolute atomic E-state index is 14.0. The Kier molecular flexibility index (Phi) is 5.69. The van der Waals surface area contributed by atoms with Gasteiger partial charge in [0.05, 0.1) is 5.69 Å². The van der Waals surface area contributed by atoms with E-state index in [4.69, 9.17) is 0 Å². The van der Waals surface area contributed by atoms with Gasteiger partial charge in [-0.05, 0) is 31.0 Å². The standard InChI is InChI=1S/C21H26FN5O/c22-17-8-4-5-9-19(17)26-12-14-27(15-13-26)20(28)18-10-11-23-21(25-18)24-16-6-2-1-3-7-16/h4-5,8-11,16H,1-3,6-7,12-15H2,(H,23,24,25). The summed E-state index contributed by atoms with van der Waals surface area (Å²) in [7, 11) is 0. The number of hydrogen-bond donors (Lipinski definition) is 1. The molecule has 0 bridgehead atoms. The van der Waals surface area contributed by atoms with E-state index in [0.29, 0.717) is 49.6 Å². The van der Waals surface area contributed by atoms with Gasteiger partial charge < -0.3 is 15.1 Å². The smallest absolute Gasteiger partial charge is 0.272 e. The topological polar surface area (TPSA) is 61.4 Å². The van der Waals surface area contributed by atoms with Crippen LogP contribution in [0.3, 0.4) is 0 Å². The van der Waals surface area contributed by atoms with E-state index < -0.39 is 0 Å². The lowest BCUT2D eigenvalue weighted by Crippen LogP contribution is -2.49. The number of carbonyl (C=O) groups is 1. The predicted octanol–water partition coefficient (Wildman–Crippen LogP) is 3.32. The number of para-hydroxylation sites is 1. The summed E-state index contributed by atoms with van der Waals surface area (Å²) < 4.78 is 14.0. The van der Waals surface area contributed by atoms with Crippen LogP contribution in [-0.2, 0) is 0 Å². The van der Waals surface area contributed by atoms with Crippen LogP contribution < -0.4 is 10.2 Å². The second kappa shape index (κ2) is 8.54. The van der Waals surface area contributed by atoms with Crippen LogP contribution in [0.4, 0.5) is 16.0 Å². The molecule has 148 valence electrons. The van der Waals surface area contributed by atoms with Gasteiger partial charge in [-0.15, -0.1) is 0 Å². The summed E-state index contributed by atoms with van der Waals surface area (Å²) in [5, 5.41) is 3.37. The van der Waals surface area contributed by atoms with Crippen molar-refractivity contribution in [3.8, 4) is 0 Å². The second-order valence-electron chi connectivity index (χ2n) is 7.48. The molecule has 2 aromatic rings. The van der Waals surface area contributed by atoms with Crippen LogP contribution in [0.1, 0.15) is 42.6 Å². The Morgan fingerprint density at radius 3 is 2.54 bits per heavy atom. The normalized spacial score (nSPS) is 18.2. The number of benzene rings is 1. The highest BCUT2D eigenvalue weighted by atomic mass is 19.1. The fraction of sp³-hybridized carbons (Fsp3) is 0.476. The van der Waals surface area contributed by atoms with Gasteiger partial charge in [0.25, 0.3) is 5.91 Å². The third-order valence-electron chi connectivity index (χ3n) is 5.57. The fourth-order valence-corrected chi connectivity index (χ4v) is 4.00. The van der Waals surface area contributed by atoms with Gasteiger partial charge in [0.2, 0.25) is 5.95 Å². The summed E-state index contributed by atoms with van der Waals surface area (Å²) in [5.41, 5.74) is 1.00. The first-order valence-corrected chi connectivity index (χ1v) is 10.1. The molecule has 0 radical (unpaired) electrons. The maximum Gasteiger partial charge on any atom is 0.272 e. The van der Waals surface area contributed by atoms with E-state index in [9.17, 15) is 9.18 Å². The van der Waals surface area contributed by atoms with Gasteiger partial charge in [0, 0.05) is 38.4 Å². The summed E-state index contributed by atoms with van der Waals surface area (Å²) in [4.78, 5) is 25.4. The monoisotopic (exact) mass is 383 g/mol. The van der Waals surface area contributed by atoms with Crippen LogP contribution in [0.5, 0.6) is 0 Å². The molecule has 7 heteroatoms. The SMILES string of the molecule is O=C(c1ccnc(NC2CCCCC2)n1)N1CCN(c2ccccc2F)CC1. The molecule has 2 heterocycles. The van der Waals surface area contributed by atoms with Crippen LogP contribution >= 0.6 is 0 Å². The first kappa shape index (κ1) is 18.7. The van der Waals surface area contributed by atoms with Crippen LogP contribution in [0.25, 0.3) is 0 Å². The third-order valence-corrected chi connectivity index (χ3v) is 5.57. The van der Waals surface area contributed by atoms with Crippen LogP contribution in [-0.4, -0.2) is 53.0 Å². The highest BCUT2D eigenvalue weighted by Crippen LogP contribution is 2.22. The van der Waals surface area contributed by atoms with Crippen molar-refractivity contribution >= 4 is 17.5 Å². The lowest BCUT2D eigenvalue weighted by molar-refractivity contribution is 0.0740. The number of rotatable bonds is 4. The first-order chi connectivity index (χ1) is 13.7. The van der Waals surface area contributed by atoms with Crippen LogP contribution in [0, 0.1) is 5.82 Å². The first-order valence-electron chi connectivity index (χ1n) is 10.1. The van der Waals surface area contributed by atoms with Gasteiger partial charge in [0.15, 0.2) is 0 Å². The minimum absolute atomic E-state index is 0.0951. The third kappa shape index (κ3) is 4.24. The number of nitrogens with one attached hydrogen (secondary N) is 1. The molecule has 4 rings (SSSR count). The quantitative estimate of drug-likeness (QED) is 0.878. The zero-order valence-corrected chi connectivity index (χ0v) is 16.0. The van der Waals surface area contributed by atoms with E-state index in [1.54, 1.807) is 29.3 Å². The molecule has 0 spiro atoms. The Bertz CT molecular complexity index is 816. The number of piperazine rings is 1. The molecule has 2 aliphatic rings. The molecule has 1 aromatic heterocycles. The van der Waals surface area contributed by atoms with Gasteiger partial charge >= 0.3 is 0 Å². The molecule has 1 saturated carbocycles. The summed E-state index contributed by atoms with van der Waals surface area (Å²) in [6.45, 7) is 2.29. The molecule has 1 amide bonds. The van der Waals surface area contributed by atoms with Crippen molar-refractivity contribution in [1.82, 2.24) is 14.9 Å². The highest BCUT2D eigenvalue weighted by molar-refractivity contribution is 5.92. The number of amides is 1. The molecule has 1 saturated heterocycles. The fourth-order valence-electron chi connectivity index (χ4n) is 4.00. The average Bonchev–Trinajstić information content (AvgIpc) is 2.75. The number of anilines is 2. The molecular weight excluding hydrogens is 357 g/mol. The van der Waals surface area contributed by atoms with E-state index in [0.717, 1.165) is 12.8 Å². The van der Waals surface area contributed by atoms with Gasteiger partial charge in [-0.1, -0.05) is 31.4 Å². The Hall–Kier alpha value is -2.70. The van der Waals surface area contributed by atoms with Gasteiger partial charge in [-0.25, -0.2) is 14.4 Å². The lowest BCUT2D eigenvalue weighted by Gasteiger charge is -2.36. The minimum atomic E-state index is -0.225. The minimum Gasteiger partial charge on any atom is -0.366 e. The second-order valence-corrected chi connectivity index (χ2v) is 7.48. The molecule has 6 nitrogen and oxygen atoms in total. The van der Waals surface area contributed by atoms with Crippen molar-refractivity contribution in [2.45, 2.75) is 38.1 Å². The van der Waals surface area contributed by atoms with E-state index in [1.165, 1.54) is 25.3 Å². The number of nitrogens with zero attached hydrogens (tertiary/aromatic N) is 4. The summed E-state index contributed by atoms with van der Waals surface area (Å²) in [6.07, 6.45) is 7.63. The maximum atomic E-state index is 14.0. The molecule has 28 heavy (non-hydrogen) atoms. The Labute approximate surface area is 164 Å². The zero-order chi connectivity index (χ0) is 19.3. The molecule has 1 N–H and O–H groups in total. The molecule has 0 unspecified atom stereocenters. The van der Waals surface area contributed by atoms with Crippen molar-refractivity contribution in [2.24, 2.45) is 0 Å². The van der Waals surface area contributed by atoms with Gasteiger partial charge in [0.1, 0.15) is 11.5 Å².